The van der Waals surface area contributed by atoms with Gasteiger partial charge in [-0.2, -0.15) is 18.4 Å². The minimum atomic E-state index is -4.58. The highest BCUT2D eigenvalue weighted by molar-refractivity contribution is 6.31. The summed E-state index contributed by atoms with van der Waals surface area (Å²) in [6.07, 6.45) is -2.97. The van der Waals surface area contributed by atoms with E-state index < -0.39 is 17.8 Å². The number of pyridine rings is 1. The highest BCUT2D eigenvalue weighted by atomic mass is 35.5. The number of nitriles is 1. The number of aromatic nitrogens is 1. The van der Waals surface area contributed by atoms with E-state index in [1.165, 1.54) is 12.1 Å². The molecule has 0 saturated carbocycles. The summed E-state index contributed by atoms with van der Waals surface area (Å²) in [6, 6.07) is 6.83. The van der Waals surface area contributed by atoms with E-state index in [0.717, 1.165) is 24.8 Å². The third-order valence-electron chi connectivity index (χ3n) is 4.56. The highest BCUT2D eigenvalue weighted by Crippen LogP contribution is 2.31. The van der Waals surface area contributed by atoms with Gasteiger partial charge >= 0.3 is 6.18 Å². The SMILES string of the molecule is N#CC1CCN(Cc2cc(Cl)cc(C(=O)Nc3ccc(C(F)(F)F)nc3)c2O)C1. The number of anilines is 1. The Labute approximate surface area is 169 Å². The molecule has 0 aliphatic carbocycles. The predicted molar refractivity (Wildman–Crippen MR) is 99.3 cm³/mol. The number of alkyl halides is 3. The summed E-state index contributed by atoms with van der Waals surface area (Å²) in [7, 11) is 0. The van der Waals surface area contributed by atoms with Gasteiger partial charge in [-0.1, -0.05) is 11.6 Å². The summed E-state index contributed by atoms with van der Waals surface area (Å²) in [5, 5.41) is 22.1. The summed E-state index contributed by atoms with van der Waals surface area (Å²) in [5.74, 6) is -1.08. The number of likely N-dealkylation sites (tertiary alicyclic amines) is 1. The molecule has 3 rings (SSSR count). The monoisotopic (exact) mass is 424 g/mol. The quantitative estimate of drug-likeness (QED) is 0.772. The van der Waals surface area contributed by atoms with Crippen molar-refractivity contribution in [3.8, 4) is 11.8 Å². The van der Waals surface area contributed by atoms with Crippen molar-refractivity contribution in [2.45, 2.75) is 19.1 Å². The second-order valence-corrected chi connectivity index (χ2v) is 7.13. The minimum absolute atomic E-state index is 0.0420. The number of hydrogen-bond donors (Lipinski definition) is 2. The van der Waals surface area contributed by atoms with E-state index >= 15 is 0 Å². The number of aromatic hydroxyl groups is 1. The Morgan fingerprint density at radius 1 is 1.41 bits per heavy atom. The lowest BCUT2D eigenvalue weighted by Crippen LogP contribution is -2.20. The maximum absolute atomic E-state index is 12.6. The molecule has 1 amide bonds. The summed E-state index contributed by atoms with van der Waals surface area (Å²) < 4.78 is 37.8. The van der Waals surface area contributed by atoms with Crippen LogP contribution >= 0.6 is 11.6 Å². The zero-order valence-electron chi connectivity index (χ0n) is 15.0. The third kappa shape index (κ3) is 4.96. The van der Waals surface area contributed by atoms with Gasteiger partial charge in [0.05, 0.1) is 29.4 Å². The lowest BCUT2D eigenvalue weighted by atomic mass is 10.1. The number of rotatable bonds is 4. The fraction of sp³-hybridized carbons (Fsp3) is 0.316. The van der Waals surface area contributed by atoms with Crippen LogP contribution in [0.1, 0.15) is 28.0 Å². The molecule has 10 heteroatoms. The van der Waals surface area contributed by atoms with Gasteiger partial charge < -0.3 is 10.4 Å². The highest BCUT2D eigenvalue weighted by Gasteiger charge is 2.32. The normalized spacial score (nSPS) is 17.1. The Bertz CT molecular complexity index is 958. The van der Waals surface area contributed by atoms with Crippen LogP contribution in [0.15, 0.2) is 30.5 Å². The summed E-state index contributed by atoms with van der Waals surface area (Å²) in [5.41, 5.74) is -0.722. The van der Waals surface area contributed by atoms with Crippen LogP contribution in [-0.2, 0) is 12.7 Å². The number of nitrogens with one attached hydrogen (secondary N) is 1. The Morgan fingerprint density at radius 2 is 2.17 bits per heavy atom. The van der Waals surface area contributed by atoms with Gasteiger partial charge in [-0.15, -0.1) is 0 Å². The number of nitrogens with zero attached hydrogens (tertiary/aromatic N) is 3. The molecule has 1 saturated heterocycles. The first-order valence-corrected chi connectivity index (χ1v) is 9.03. The number of amides is 1. The van der Waals surface area contributed by atoms with Crippen molar-refractivity contribution < 1.29 is 23.1 Å². The zero-order chi connectivity index (χ0) is 21.2. The van der Waals surface area contributed by atoms with Crippen molar-refractivity contribution in [2.24, 2.45) is 5.92 Å². The molecule has 0 spiro atoms. The second kappa shape index (κ2) is 8.27. The number of hydrogen-bond acceptors (Lipinski definition) is 5. The molecule has 29 heavy (non-hydrogen) atoms. The van der Waals surface area contributed by atoms with E-state index in [9.17, 15) is 23.1 Å². The topological polar surface area (TPSA) is 89.3 Å². The number of carbonyl (C=O) groups is 1. The first-order valence-electron chi connectivity index (χ1n) is 8.65. The zero-order valence-corrected chi connectivity index (χ0v) is 15.8. The minimum Gasteiger partial charge on any atom is -0.507 e. The van der Waals surface area contributed by atoms with Crippen molar-refractivity contribution in [3.63, 3.8) is 0 Å². The molecule has 2 N–H and O–H groups in total. The number of halogens is 4. The first kappa shape index (κ1) is 20.9. The van der Waals surface area contributed by atoms with Crippen LogP contribution < -0.4 is 5.32 Å². The van der Waals surface area contributed by atoms with E-state index in [2.05, 4.69) is 16.4 Å². The maximum atomic E-state index is 12.6. The van der Waals surface area contributed by atoms with Gasteiger partial charge in [0.25, 0.3) is 5.91 Å². The third-order valence-corrected chi connectivity index (χ3v) is 4.78. The largest absolute Gasteiger partial charge is 0.507 e. The van der Waals surface area contributed by atoms with Crippen LogP contribution in [-0.4, -0.2) is 34.0 Å². The van der Waals surface area contributed by atoms with Crippen molar-refractivity contribution in [1.29, 1.82) is 5.26 Å². The molecule has 1 unspecified atom stereocenters. The summed E-state index contributed by atoms with van der Waals surface area (Å²) >= 11 is 6.08. The number of phenols is 1. The molecular formula is C19H16ClF3N4O2. The number of carbonyl (C=O) groups excluding carboxylic acids is 1. The average molecular weight is 425 g/mol. The van der Waals surface area contributed by atoms with Crippen molar-refractivity contribution in [2.75, 3.05) is 18.4 Å². The summed E-state index contributed by atoms with van der Waals surface area (Å²) in [4.78, 5) is 17.8. The van der Waals surface area contributed by atoms with Crippen molar-refractivity contribution in [3.05, 3.63) is 52.3 Å². The van der Waals surface area contributed by atoms with Gasteiger partial charge in [0.2, 0.25) is 0 Å². The van der Waals surface area contributed by atoms with Gasteiger partial charge in [0.1, 0.15) is 11.4 Å². The lowest BCUT2D eigenvalue weighted by Gasteiger charge is -2.17. The molecule has 1 aromatic heterocycles. The van der Waals surface area contributed by atoms with E-state index in [4.69, 9.17) is 16.9 Å². The molecule has 1 atom stereocenters. The van der Waals surface area contributed by atoms with Crippen LogP contribution in [0.25, 0.3) is 0 Å². The average Bonchev–Trinajstić information content (AvgIpc) is 3.11. The van der Waals surface area contributed by atoms with Gasteiger partial charge in [0.15, 0.2) is 0 Å². The molecule has 1 aliphatic rings. The smallest absolute Gasteiger partial charge is 0.433 e. The molecule has 0 radical (unpaired) electrons. The van der Waals surface area contributed by atoms with Gasteiger partial charge in [0, 0.05) is 23.7 Å². The Morgan fingerprint density at radius 3 is 2.76 bits per heavy atom. The number of phenolic OH excluding ortho intramolecular Hbond substituents is 1. The maximum Gasteiger partial charge on any atom is 0.433 e. The Balaban J connectivity index is 1.77. The standard InChI is InChI=1S/C19H16ClF3N4O2/c20-13-5-12(10-27-4-3-11(7-24)9-27)17(28)15(6-13)18(29)26-14-1-2-16(25-8-14)19(21,22)23/h1-2,5-6,8,11,28H,3-4,9-10H2,(H,26,29). The van der Waals surface area contributed by atoms with Gasteiger partial charge in [-0.05, 0) is 37.2 Å². The van der Waals surface area contributed by atoms with Crippen molar-refractivity contribution >= 4 is 23.2 Å². The summed E-state index contributed by atoms with van der Waals surface area (Å²) in [6.45, 7) is 1.55. The molecule has 0 bridgehead atoms. The van der Waals surface area contributed by atoms with E-state index in [0.29, 0.717) is 25.2 Å². The Kier molecular flexibility index (Phi) is 5.96. The van der Waals surface area contributed by atoms with Gasteiger partial charge in [-0.3, -0.25) is 9.69 Å². The Hall–Kier alpha value is -2.83. The fourth-order valence-electron chi connectivity index (χ4n) is 3.11. The lowest BCUT2D eigenvalue weighted by molar-refractivity contribution is -0.141. The predicted octanol–water partition coefficient (Wildman–Crippen LogP) is 4.06. The molecule has 152 valence electrons. The molecule has 1 aromatic carbocycles. The molecule has 2 aromatic rings. The van der Waals surface area contributed by atoms with Crippen LogP contribution in [0.4, 0.5) is 18.9 Å². The molecule has 1 aliphatic heterocycles. The van der Waals surface area contributed by atoms with Crippen molar-refractivity contribution in [1.82, 2.24) is 9.88 Å². The second-order valence-electron chi connectivity index (χ2n) is 6.69. The van der Waals surface area contributed by atoms with Crippen LogP contribution in [0.5, 0.6) is 5.75 Å². The molecule has 1 fully saturated rings. The van der Waals surface area contributed by atoms with Gasteiger partial charge in [-0.25, -0.2) is 4.98 Å². The van der Waals surface area contributed by atoms with Crippen LogP contribution in [0, 0.1) is 17.2 Å². The van der Waals surface area contributed by atoms with Crippen LogP contribution in [0.3, 0.4) is 0 Å². The van der Waals surface area contributed by atoms with E-state index in [-0.39, 0.29) is 27.9 Å². The van der Waals surface area contributed by atoms with E-state index in [1.54, 1.807) is 0 Å². The molecular weight excluding hydrogens is 409 g/mol. The molecule has 6 nitrogen and oxygen atoms in total. The first-order chi connectivity index (χ1) is 13.7. The van der Waals surface area contributed by atoms with E-state index in [1.807, 2.05) is 4.90 Å². The molecule has 2 heterocycles. The fourth-order valence-corrected chi connectivity index (χ4v) is 3.35. The number of benzene rings is 1. The van der Waals surface area contributed by atoms with Crippen LogP contribution in [0.2, 0.25) is 5.02 Å².